The molecule has 2 heterocycles. The van der Waals surface area contributed by atoms with Gasteiger partial charge in [0.15, 0.2) is 0 Å². The predicted octanol–water partition coefficient (Wildman–Crippen LogP) is 1.73. The first-order valence-corrected chi connectivity index (χ1v) is 5.55. The second-order valence-electron chi connectivity index (χ2n) is 4.18. The summed E-state index contributed by atoms with van der Waals surface area (Å²) >= 11 is 0. The summed E-state index contributed by atoms with van der Waals surface area (Å²) in [6.45, 7) is 0. The summed E-state index contributed by atoms with van der Waals surface area (Å²) in [5.74, 6) is 0.915. The lowest BCUT2D eigenvalue weighted by Gasteiger charge is -2.21. The summed E-state index contributed by atoms with van der Waals surface area (Å²) in [6.07, 6.45) is 5.76. The fourth-order valence-corrected chi connectivity index (χ4v) is 2.25. The number of rotatable bonds is 1. The fraction of sp³-hybridized carbons (Fsp3) is 0.600. The summed E-state index contributed by atoms with van der Waals surface area (Å²) in [5, 5.41) is 10.8. The summed E-state index contributed by atoms with van der Waals surface area (Å²) in [5.41, 5.74) is 0.180. The number of hydrogen-bond donors (Lipinski definition) is 0. The number of carbonyl (C=O) groups is 1. The van der Waals surface area contributed by atoms with E-state index >= 15 is 0 Å². The van der Waals surface area contributed by atoms with Crippen LogP contribution >= 0.6 is 0 Å². The first-order chi connectivity index (χ1) is 7.84. The Morgan fingerprint density at radius 3 is 2.69 bits per heavy atom. The van der Waals surface area contributed by atoms with Crippen molar-refractivity contribution in [3.05, 3.63) is 0 Å². The van der Waals surface area contributed by atoms with Gasteiger partial charge in [0.1, 0.15) is 5.84 Å². The standard InChI is InChI=1S/C10H11N5O/c16-10-7-9(14-15-13-7)11-8(12-10)6-4-2-1-3-5-6/h6H,1-5H2. The van der Waals surface area contributed by atoms with E-state index in [0.717, 1.165) is 12.8 Å². The third kappa shape index (κ3) is 1.50. The highest BCUT2D eigenvalue weighted by atomic mass is 16.1. The van der Waals surface area contributed by atoms with Crippen LogP contribution in [0, 0.1) is 5.92 Å². The van der Waals surface area contributed by atoms with Crippen LogP contribution in [0.15, 0.2) is 25.4 Å². The zero-order valence-corrected chi connectivity index (χ0v) is 8.76. The largest absolute Gasteiger partial charge is 0.303 e. The molecular formula is C10H11N5O. The lowest BCUT2D eigenvalue weighted by atomic mass is 9.88. The normalized spacial score (nSPS) is 25.0. The van der Waals surface area contributed by atoms with Crippen molar-refractivity contribution in [2.75, 3.05) is 0 Å². The van der Waals surface area contributed by atoms with Gasteiger partial charge in [-0.25, -0.2) is 4.99 Å². The third-order valence-corrected chi connectivity index (χ3v) is 3.11. The van der Waals surface area contributed by atoms with Crippen molar-refractivity contribution in [3.8, 4) is 0 Å². The van der Waals surface area contributed by atoms with Crippen LogP contribution in [0.2, 0.25) is 0 Å². The van der Waals surface area contributed by atoms with E-state index in [1.807, 2.05) is 0 Å². The van der Waals surface area contributed by atoms with E-state index in [2.05, 4.69) is 25.4 Å². The van der Waals surface area contributed by atoms with Crippen LogP contribution in [0.3, 0.4) is 0 Å². The number of amidine groups is 2. The van der Waals surface area contributed by atoms with Crippen molar-refractivity contribution in [1.29, 1.82) is 0 Å². The van der Waals surface area contributed by atoms with Gasteiger partial charge in [-0.3, -0.25) is 4.79 Å². The van der Waals surface area contributed by atoms with E-state index in [9.17, 15) is 4.79 Å². The average Bonchev–Trinajstić information content (AvgIpc) is 2.79. The van der Waals surface area contributed by atoms with Crippen LogP contribution in [0.5, 0.6) is 0 Å². The minimum atomic E-state index is -0.351. The fourth-order valence-electron chi connectivity index (χ4n) is 2.25. The minimum absolute atomic E-state index is 0.180. The number of amides is 1. The van der Waals surface area contributed by atoms with Crippen LogP contribution in [-0.2, 0) is 4.79 Å². The summed E-state index contributed by atoms with van der Waals surface area (Å²) in [6, 6.07) is 0. The van der Waals surface area contributed by atoms with Crippen LogP contribution < -0.4 is 0 Å². The zero-order valence-electron chi connectivity index (χ0n) is 8.76. The van der Waals surface area contributed by atoms with E-state index in [-0.39, 0.29) is 11.6 Å². The molecule has 0 atom stereocenters. The zero-order chi connectivity index (χ0) is 11.0. The van der Waals surface area contributed by atoms with Crippen molar-refractivity contribution < 1.29 is 4.79 Å². The van der Waals surface area contributed by atoms with E-state index in [1.54, 1.807) is 0 Å². The Bertz CT molecular complexity index is 454. The molecule has 6 heteroatoms. The monoisotopic (exact) mass is 217 g/mol. The van der Waals surface area contributed by atoms with E-state index < -0.39 is 0 Å². The second-order valence-corrected chi connectivity index (χ2v) is 4.18. The Hall–Kier alpha value is -1.72. The molecule has 0 bridgehead atoms. The van der Waals surface area contributed by atoms with Gasteiger partial charge in [0.25, 0.3) is 0 Å². The topological polar surface area (TPSA) is 78.9 Å². The van der Waals surface area contributed by atoms with Crippen molar-refractivity contribution in [3.63, 3.8) is 0 Å². The molecule has 0 saturated heterocycles. The molecular weight excluding hydrogens is 206 g/mol. The van der Waals surface area contributed by atoms with E-state index in [1.165, 1.54) is 19.3 Å². The Balaban J connectivity index is 1.89. The Morgan fingerprint density at radius 1 is 1.06 bits per heavy atom. The quantitative estimate of drug-likeness (QED) is 0.658. The molecule has 3 rings (SSSR count). The first-order valence-electron chi connectivity index (χ1n) is 5.55. The Labute approximate surface area is 92.3 Å². The van der Waals surface area contributed by atoms with Crippen LogP contribution in [0.25, 0.3) is 0 Å². The predicted molar refractivity (Wildman–Crippen MR) is 58.7 cm³/mol. The highest BCUT2D eigenvalue weighted by Gasteiger charge is 2.30. The molecule has 0 aromatic carbocycles. The van der Waals surface area contributed by atoms with Gasteiger partial charge < -0.3 is 0 Å². The molecule has 1 aliphatic carbocycles. The van der Waals surface area contributed by atoms with E-state index in [0.29, 0.717) is 17.6 Å². The van der Waals surface area contributed by atoms with Gasteiger partial charge in [-0.15, -0.1) is 10.2 Å². The molecule has 0 aromatic heterocycles. The summed E-state index contributed by atoms with van der Waals surface area (Å²) in [7, 11) is 0. The Morgan fingerprint density at radius 2 is 1.88 bits per heavy atom. The molecule has 0 spiro atoms. The molecule has 1 amide bonds. The van der Waals surface area contributed by atoms with Gasteiger partial charge in [-0.2, -0.15) is 4.99 Å². The number of carbonyl (C=O) groups excluding carboxylic acids is 1. The number of nitrogens with zero attached hydrogens (tertiary/aromatic N) is 5. The van der Waals surface area contributed by atoms with E-state index in [4.69, 9.17) is 0 Å². The van der Waals surface area contributed by atoms with Crippen LogP contribution in [-0.4, -0.2) is 23.3 Å². The van der Waals surface area contributed by atoms with Gasteiger partial charge in [0.2, 0.25) is 11.5 Å². The lowest BCUT2D eigenvalue weighted by molar-refractivity contribution is -0.111. The SMILES string of the molecule is O=C1N=C(C2CCCCC2)N=C2N=NN=C12. The molecule has 3 aliphatic rings. The average molecular weight is 217 g/mol. The first kappa shape index (κ1) is 9.50. The molecule has 0 N–H and O–H groups in total. The number of aliphatic imine (C=N–C) groups is 2. The van der Waals surface area contributed by atoms with Crippen molar-refractivity contribution in [1.82, 2.24) is 0 Å². The second kappa shape index (κ2) is 3.70. The maximum atomic E-state index is 11.6. The van der Waals surface area contributed by atoms with Gasteiger partial charge in [0.05, 0.1) is 0 Å². The third-order valence-electron chi connectivity index (χ3n) is 3.11. The number of fused-ring (bicyclic) bond motifs is 1. The molecule has 0 unspecified atom stereocenters. The van der Waals surface area contributed by atoms with Crippen molar-refractivity contribution in [2.45, 2.75) is 32.1 Å². The molecule has 2 aliphatic heterocycles. The smallest absolute Gasteiger partial charge is 0.265 e. The minimum Gasteiger partial charge on any atom is -0.265 e. The maximum Gasteiger partial charge on any atom is 0.303 e. The number of hydrogen-bond acceptors (Lipinski definition) is 5. The van der Waals surface area contributed by atoms with Crippen LogP contribution in [0.1, 0.15) is 32.1 Å². The van der Waals surface area contributed by atoms with Gasteiger partial charge in [-0.05, 0) is 18.1 Å². The van der Waals surface area contributed by atoms with Crippen LogP contribution in [0.4, 0.5) is 0 Å². The van der Waals surface area contributed by atoms with Gasteiger partial charge >= 0.3 is 5.91 Å². The Kier molecular flexibility index (Phi) is 2.19. The molecule has 16 heavy (non-hydrogen) atoms. The lowest BCUT2D eigenvalue weighted by Crippen LogP contribution is -2.29. The molecule has 0 aromatic rings. The molecule has 82 valence electrons. The van der Waals surface area contributed by atoms with Crippen molar-refractivity contribution >= 4 is 23.3 Å². The highest BCUT2D eigenvalue weighted by Crippen LogP contribution is 2.26. The van der Waals surface area contributed by atoms with Gasteiger partial charge in [0, 0.05) is 5.92 Å². The summed E-state index contributed by atoms with van der Waals surface area (Å²) in [4.78, 5) is 19.9. The highest BCUT2D eigenvalue weighted by molar-refractivity contribution is 6.69. The molecule has 0 radical (unpaired) electrons. The molecule has 1 saturated carbocycles. The van der Waals surface area contributed by atoms with Gasteiger partial charge in [-0.1, -0.05) is 19.3 Å². The molecule has 1 fully saturated rings. The molecule has 6 nitrogen and oxygen atoms in total. The maximum absolute atomic E-state index is 11.6. The van der Waals surface area contributed by atoms with Crippen molar-refractivity contribution in [2.24, 2.45) is 31.3 Å². The summed E-state index contributed by atoms with van der Waals surface area (Å²) < 4.78 is 0.